The van der Waals surface area contributed by atoms with E-state index < -0.39 is 11.6 Å². The summed E-state index contributed by atoms with van der Waals surface area (Å²) in [7, 11) is 0. The second-order valence-corrected chi connectivity index (χ2v) is 9.48. The van der Waals surface area contributed by atoms with Crippen LogP contribution in [0.3, 0.4) is 0 Å². The molecule has 0 aliphatic carbocycles. The number of carbonyl (C=O) groups excluding carboxylic acids is 2. The summed E-state index contributed by atoms with van der Waals surface area (Å²) in [5.41, 5.74) is 3.79. The lowest BCUT2D eigenvalue weighted by molar-refractivity contribution is -0.122. The van der Waals surface area contributed by atoms with E-state index in [2.05, 4.69) is 24.4 Å². The lowest BCUT2D eigenvalue weighted by atomic mass is 9.99. The third kappa shape index (κ3) is 4.13. The third-order valence-corrected chi connectivity index (χ3v) is 5.46. The van der Waals surface area contributed by atoms with Gasteiger partial charge in [-0.15, -0.1) is 0 Å². The molecule has 4 rings (SSSR count). The fourth-order valence-electron chi connectivity index (χ4n) is 3.79. The van der Waals surface area contributed by atoms with E-state index in [1.165, 1.54) is 0 Å². The fraction of sp³-hybridized carbons (Fsp3) is 0.591. The monoisotopic (exact) mass is 430 g/mol. The van der Waals surface area contributed by atoms with Gasteiger partial charge < -0.3 is 24.0 Å². The van der Waals surface area contributed by atoms with E-state index in [0.29, 0.717) is 31.3 Å². The Kier molecular flexibility index (Phi) is 5.23. The minimum atomic E-state index is -0.525. The number of amides is 2. The minimum Gasteiger partial charge on any atom is -0.486 e. The Labute approximate surface area is 182 Å². The molecule has 1 saturated heterocycles. The van der Waals surface area contributed by atoms with Gasteiger partial charge in [0.1, 0.15) is 35.9 Å². The summed E-state index contributed by atoms with van der Waals surface area (Å²) in [6.45, 7) is 12.8. The van der Waals surface area contributed by atoms with Crippen molar-refractivity contribution in [1.29, 1.82) is 0 Å². The summed E-state index contributed by atoms with van der Waals surface area (Å²) in [5.74, 6) is 2.14. The van der Waals surface area contributed by atoms with Gasteiger partial charge in [-0.2, -0.15) is 5.10 Å². The lowest BCUT2D eigenvalue weighted by Crippen LogP contribution is -2.57. The van der Waals surface area contributed by atoms with Crippen molar-refractivity contribution < 1.29 is 23.8 Å². The van der Waals surface area contributed by atoms with Crippen molar-refractivity contribution >= 4 is 23.5 Å². The summed E-state index contributed by atoms with van der Waals surface area (Å²) >= 11 is 0. The zero-order valence-electron chi connectivity index (χ0n) is 18.9. The first kappa shape index (κ1) is 21.3. The smallest absolute Gasteiger partial charge is 0.410 e. The Morgan fingerprint density at radius 2 is 2.00 bits per heavy atom. The van der Waals surface area contributed by atoms with Crippen molar-refractivity contribution in [3.05, 3.63) is 17.7 Å². The SMILES string of the molecule is CC(C)c1cc2c(cc1OC1CN(C(=O)OC(C)(C)C)C1)N1C(=NNC(=O)[C@@H]1C)CO2. The predicted octanol–water partition coefficient (Wildman–Crippen LogP) is 2.84. The van der Waals surface area contributed by atoms with E-state index in [1.54, 1.807) is 4.90 Å². The highest BCUT2D eigenvalue weighted by atomic mass is 16.6. The number of carbonyl (C=O) groups is 2. The second-order valence-electron chi connectivity index (χ2n) is 9.48. The van der Waals surface area contributed by atoms with Crippen molar-refractivity contribution in [2.45, 2.75) is 65.2 Å². The predicted molar refractivity (Wildman–Crippen MR) is 116 cm³/mol. The molecule has 0 spiro atoms. The van der Waals surface area contributed by atoms with E-state index in [9.17, 15) is 9.59 Å². The molecule has 9 nitrogen and oxygen atoms in total. The zero-order valence-corrected chi connectivity index (χ0v) is 18.9. The largest absolute Gasteiger partial charge is 0.486 e. The van der Waals surface area contributed by atoms with Crippen LogP contribution in [0.15, 0.2) is 17.2 Å². The van der Waals surface area contributed by atoms with E-state index in [1.807, 2.05) is 44.7 Å². The van der Waals surface area contributed by atoms with E-state index >= 15 is 0 Å². The van der Waals surface area contributed by atoms with E-state index in [-0.39, 0.29) is 24.0 Å². The Bertz CT molecular complexity index is 931. The first-order chi connectivity index (χ1) is 14.5. The summed E-state index contributed by atoms with van der Waals surface area (Å²) in [5, 5.41) is 4.13. The number of benzene rings is 1. The van der Waals surface area contributed by atoms with Crippen LogP contribution in [0.4, 0.5) is 10.5 Å². The molecular weight excluding hydrogens is 400 g/mol. The zero-order chi connectivity index (χ0) is 22.5. The van der Waals surface area contributed by atoms with Crippen molar-refractivity contribution in [1.82, 2.24) is 10.3 Å². The maximum absolute atomic E-state index is 12.2. The third-order valence-electron chi connectivity index (χ3n) is 5.46. The van der Waals surface area contributed by atoms with Gasteiger partial charge in [-0.1, -0.05) is 13.8 Å². The van der Waals surface area contributed by atoms with Gasteiger partial charge in [0.25, 0.3) is 5.91 Å². The number of anilines is 1. The normalized spacial score (nSPS) is 20.8. The van der Waals surface area contributed by atoms with Crippen molar-refractivity contribution in [2.24, 2.45) is 5.10 Å². The number of hydrogen-bond donors (Lipinski definition) is 1. The maximum Gasteiger partial charge on any atom is 0.410 e. The van der Waals surface area contributed by atoms with Crippen LogP contribution in [-0.2, 0) is 9.53 Å². The van der Waals surface area contributed by atoms with Crippen molar-refractivity contribution in [3.8, 4) is 11.5 Å². The maximum atomic E-state index is 12.2. The number of hydrazone groups is 1. The summed E-state index contributed by atoms with van der Waals surface area (Å²) in [6.07, 6.45) is -0.452. The molecule has 0 aromatic heterocycles. The summed E-state index contributed by atoms with van der Waals surface area (Å²) in [6, 6.07) is 3.50. The summed E-state index contributed by atoms with van der Waals surface area (Å²) in [4.78, 5) is 27.9. The average Bonchev–Trinajstić information content (AvgIpc) is 2.64. The van der Waals surface area contributed by atoms with Gasteiger partial charge in [0.05, 0.1) is 18.8 Å². The number of ether oxygens (including phenoxy) is 3. The molecule has 0 unspecified atom stereocenters. The highest BCUT2D eigenvalue weighted by Crippen LogP contribution is 2.42. The minimum absolute atomic E-state index is 0.122. The molecule has 0 bridgehead atoms. The molecule has 0 radical (unpaired) electrons. The van der Waals surface area contributed by atoms with Crippen LogP contribution in [-0.4, -0.2) is 60.2 Å². The first-order valence-corrected chi connectivity index (χ1v) is 10.6. The average molecular weight is 431 g/mol. The molecule has 1 fully saturated rings. The molecule has 168 valence electrons. The lowest BCUT2D eigenvalue weighted by Gasteiger charge is -2.41. The number of hydrogen-bond acceptors (Lipinski definition) is 7. The van der Waals surface area contributed by atoms with Crippen molar-refractivity contribution in [3.63, 3.8) is 0 Å². The van der Waals surface area contributed by atoms with Gasteiger partial charge in [0, 0.05) is 11.6 Å². The Hall–Kier alpha value is -2.97. The van der Waals surface area contributed by atoms with Crippen LogP contribution in [0.25, 0.3) is 0 Å². The topological polar surface area (TPSA) is 92.7 Å². The van der Waals surface area contributed by atoms with Crippen LogP contribution in [0, 0.1) is 0 Å². The molecule has 1 N–H and O–H groups in total. The number of fused-ring (bicyclic) bond motifs is 3. The number of rotatable bonds is 3. The van der Waals surface area contributed by atoms with Crippen LogP contribution in [0.2, 0.25) is 0 Å². The van der Waals surface area contributed by atoms with Gasteiger partial charge in [-0.3, -0.25) is 4.79 Å². The molecule has 9 heteroatoms. The number of likely N-dealkylation sites (tertiary alicyclic amines) is 1. The van der Waals surface area contributed by atoms with E-state index in [0.717, 1.165) is 17.0 Å². The van der Waals surface area contributed by atoms with Crippen LogP contribution in [0.5, 0.6) is 11.5 Å². The Balaban J connectivity index is 1.55. The van der Waals surface area contributed by atoms with Crippen LogP contribution in [0.1, 0.15) is 53.0 Å². The molecule has 1 atom stereocenters. The molecule has 2 amide bonds. The number of nitrogens with one attached hydrogen (secondary N) is 1. The standard InChI is InChI=1S/C22H30N4O5/c1-12(2)15-7-18-16(26-13(3)20(27)24-23-19(26)11-29-18)8-17(15)30-14-9-25(10-14)21(28)31-22(4,5)6/h7-8,12-14H,9-11H2,1-6H3,(H,24,27)/t13-/m0/s1. The van der Waals surface area contributed by atoms with Gasteiger partial charge in [0.15, 0.2) is 5.84 Å². The number of amidine groups is 1. The second kappa shape index (κ2) is 7.62. The molecule has 3 heterocycles. The van der Waals surface area contributed by atoms with E-state index in [4.69, 9.17) is 14.2 Å². The highest BCUT2D eigenvalue weighted by Gasteiger charge is 2.38. The number of nitrogens with zero attached hydrogens (tertiary/aromatic N) is 3. The molecular formula is C22H30N4O5. The van der Waals surface area contributed by atoms with Crippen LogP contribution >= 0.6 is 0 Å². The Morgan fingerprint density at radius 3 is 2.65 bits per heavy atom. The Morgan fingerprint density at radius 1 is 1.29 bits per heavy atom. The van der Waals surface area contributed by atoms with Gasteiger partial charge in [0.2, 0.25) is 0 Å². The molecule has 3 aliphatic heterocycles. The molecule has 3 aliphatic rings. The molecule has 1 aromatic carbocycles. The van der Waals surface area contributed by atoms with Gasteiger partial charge >= 0.3 is 6.09 Å². The van der Waals surface area contributed by atoms with Crippen LogP contribution < -0.4 is 19.8 Å². The molecule has 1 aromatic rings. The summed E-state index contributed by atoms with van der Waals surface area (Å²) < 4.78 is 17.6. The van der Waals surface area contributed by atoms with Crippen molar-refractivity contribution in [2.75, 3.05) is 24.6 Å². The fourth-order valence-corrected chi connectivity index (χ4v) is 3.79. The molecule has 31 heavy (non-hydrogen) atoms. The van der Waals surface area contributed by atoms with Gasteiger partial charge in [-0.25, -0.2) is 10.2 Å². The first-order valence-electron chi connectivity index (χ1n) is 10.6. The van der Waals surface area contributed by atoms with Gasteiger partial charge in [-0.05, 0) is 39.7 Å². The molecule has 0 saturated carbocycles. The highest BCUT2D eigenvalue weighted by molar-refractivity contribution is 6.09. The quantitative estimate of drug-likeness (QED) is 0.793.